The van der Waals surface area contributed by atoms with Crippen LogP contribution in [0.1, 0.15) is 32.1 Å². The molecule has 0 aromatic heterocycles. The highest BCUT2D eigenvalue weighted by Gasteiger charge is 2.32. The predicted octanol–water partition coefficient (Wildman–Crippen LogP) is -4.07. The fraction of sp³-hybridized carbons (Fsp3) is 0.550. The molecule has 2 heterocycles. The quantitative estimate of drug-likeness (QED) is 0.0773. The van der Waals surface area contributed by atoms with Gasteiger partial charge in [0.1, 0.15) is 24.2 Å². The number of nitrogens with zero attached hydrogens (tertiary/aromatic N) is 1. The molecular formula is C20H30N8O7. The van der Waals surface area contributed by atoms with Gasteiger partial charge in [0.15, 0.2) is 5.96 Å². The number of fused-ring (bicyclic) bond motifs is 3. The summed E-state index contributed by atoms with van der Waals surface area (Å²) in [5.41, 5.74) is 10.6. The van der Waals surface area contributed by atoms with Crippen LogP contribution in [0.4, 0.5) is 0 Å². The van der Waals surface area contributed by atoms with Gasteiger partial charge in [-0.25, -0.2) is 0 Å². The summed E-state index contributed by atoms with van der Waals surface area (Å²) in [5.74, 6) is -5.22. The van der Waals surface area contributed by atoms with Gasteiger partial charge >= 0.3 is 5.97 Å². The number of carbonyl (C=O) groups excluding carboxylic acids is 5. The third kappa shape index (κ3) is 8.94. The standard InChI is InChI=1S/C20H30N8O7/c21-20(22)23-7-3-6-10-16(32)24-9-14(29)25-13(8-15(30)31)19(35)28-12-5-2-1-4-11(17(33)26-10)27-18(12)34/h1-2,10-13H,3-9H2,(H,24,32)(H,25,29)(H,26,33)(H,27,34)(H,28,35)(H,30,31)(H4,21,22,23)/b2-1-/t10-,11-,12+,13-/m0/s1. The number of carboxylic acid groups (broad SMARTS) is 1. The van der Waals surface area contributed by atoms with Crippen LogP contribution in [-0.2, 0) is 28.8 Å². The third-order valence-corrected chi connectivity index (χ3v) is 5.21. The van der Waals surface area contributed by atoms with E-state index in [-0.39, 0.29) is 31.8 Å². The lowest BCUT2D eigenvalue weighted by molar-refractivity contribution is -0.141. The first-order valence-corrected chi connectivity index (χ1v) is 11.0. The maximum absolute atomic E-state index is 12.9. The van der Waals surface area contributed by atoms with E-state index in [4.69, 9.17) is 16.6 Å². The highest BCUT2D eigenvalue weighted by atomic mass is 16.4. The summed E-state index contributed by atoms with van der Waals surface area (Å²) in [7, 11) is 0. The van der Waals surface area contributed by atoms with Crippen LogP contribution in [0, 0.1) is 0 Å². The van der Waals surface area contributed by atoms with Crippen molar-refractivity contribution < 1.29 is 33.9 Å². The van der Waals surface area contributed by atoms with E-state index in [2.05, 4.69) is 31.6 Å². The van der Waals surface area contributed by atoms with Gasteiger partial charge in [-0.1, -0.05) is 12.2 Å². The zero-order valence-corrected chi connectivity index (χ0v) is 18.9. The number of aliphatic carboxylic acids is 1. The summed E-state index contributed by atoms with van der Waals surface area (Å²) in [6.45, 7) is -0.383. The molecule has 15 nitrogen and oxygen atoms in total. The molecule has 2 bridgehead atoms. The van der Waals surface area contributed by atoms with E-state index >= 15 is 0 Å². The van der Waals surface area contributed by atoms with Gasteiger partial charge < -0.3 is 43.2 Å². The van der Waals surface area contributed by atoms with Crippen molar-refractivity contribution in [2.45, 2.75) is 56.3 Å². The van der Waals surface area contributed by atoms with E-state index < -0.39 is 72.6 Å². The van der Waals surface area contributed by atoms with Gasteiger partial charge in [0, 0.05) is 6.54 Å². The molecule has 15 heteroatoms. The second-order valence-electron chi connectivity index (χ2n) is 8.01. The fourth-order valence-electron chi connectivity index (χ4n) is 3.44. The van der Waals surface area contributed by atoms with E-state index in [0.717, 1.165) is 0 Å². The average molecular weight is 495 g/mol. The molecule has 0 unspecified atom stereocenters. The molecule has 0 aliphatic carbocycles. The highest BCUT2D eigenvalue weighted by Crippen LogP contribution is 2.08. The van der Waals surface area contributed by atoms with Gasteiger partial charge in [-0.3, -0.25) is 33.8 Å². The van der Waals surface area contributed by atoms with Crippen LogP contribution in [0.3, 0.4) is 0 Å². The van der Waals surface area contributed by atoms with Crippen LogP contribution < -0.4 is 38.1 Å². The molecule has 1 fully saturated rings. The second kappa shape index (κ2) is 12.9. The molecule has 192 valence electrons. The molecule has 0 spiro atoms. The Bertz CT molecular complexity index is 915. The number of carbonyl (C=O) groups is 6. The van der Waals surface area contributed by atoms with Crippen molar-refractivity contribution in [3.63, 3.8) is 0 Å². The minimum Gasteiger partial charge on any atom is -0.481 e. The summed E-state index contributed by atoms with van der Waals surface area (Å²) in [5, 5.41) is 21.2. The number of nitrogens with one attached hydrogen (secondary N) is 5. The Morgan fingerprint density at radius 3 is 2.09 bits per heavy atom. The SMILES string of the molecule is NC(N)=NCCC[C@@H]1NC(=O)[C@@H]2C/C=C\C[C@@H](NC(=O)[C@H](CC(=O)O)NC(=O)CNC1=O)C(=O)N2. The zero-order chi connectivity index (χ0) is 26.0. The molecule has 1 saturated heterocycles. The Labute approximate surface area is 200 Å². The highest BCUT2D eigenvalue weighted by molar-refractivity contribution is 5.98. The lowest BCUT2D eigenvalue weighted by Crippen LogP contribution is -2.58. The van der Waals surface area contributed by atoms with Gasteiger partial charge in [-0.15, -0.1) is 0 Å². The molecule has 4 atom stereocenters. The van der Waals surface area contributed by atoms with Crippen LogP contribution in [0.15, 0.2) is 17.1 Å². The Hall–Kier alpha value is -4.17. The van der Waals surface area contributed by atoms with Gasteiger partial charge in [0.05, 0.1) is 13.0 Å². The van der Waals surface area contributed by atoms with Crippen LogP contribution in [-0.4, -0.2) is 83.8 Å². The zero-order valence-electron chi connectivity index (χ0n) is 18.9. The first-order chi connectivity index (χ1) is 16.6. The van der Waals surface area contributed by atoms with Crippen molar-refractivity contribution in [3.05, 3.63) is 12.2 Å². The normalized spacial score (nSPS) is 26.8. The number of rotatable bonds is 6. The monoisotopic (exact) mass is 494 g/mol. The Kier molecular flexibility index (Phi) is 9.98. The topological polar surface area (TPSA) is 247 Å². The van der Waals surface area contributed by atoms with Gasteiger partial charge in [0.2, 0.25) is 29.5 Å². The van der Waals surface area contributed by atoms with Crippen molar-refractivity contribution >= 4 is 41.5 Å². The van der Waals surface area contributed by atoms with Gasteiger partial charge in [-0.05, 0) is 25.7 Å². The average Bonchev–Trinajstić information content (AvgIpc) is 2.77. The molecule has 5 amide bonds. The molecular weight excluding hydrogens is 464 g/mol. The number of nitrogens with two attached hydrogens (primary N) is 2. The smallest absolute Gasteiger partial charge is 0.305 e. The summed E-state index contributed by atoms with van der Waals surface area (Å²) in [4.78, 5) is 78.3. The van der Waals surface area contributed by atoms with E-state index in [0.29, 0.717) is 6.42 Å². The Balaban J connectivity index is 2.30. The predicted molar refractivity (Wildman–Crippen MR) is 121 cm³/mol. The van der Waals surface area contributed by atoms with Gasteiger partial charge in [-0.2, -0.15) is 0 Å². The first-order valence-electron chi connectivity index (χ1n) is 11.0. The number of aliphatic imine (C=N–C) groups is 1. The van der Waals surface area contributed by atoms with Crippen molar-refractivity contribution in [2.75, 3.05) is 13.1 Å². The number of amides is 5. The minimum atomic E-state index is -1.49. The number of carboxylic acids is 1. The molecule has 0 radical (unpaired) electrons. The molecule has 2 rings (SSSR count). The molecule has 10 N–H and O–H groups in total. The summed E-state index contributed by atoms with van der Waals surface area (Å²) in [6.07, 6.45) is 3.18. The molecule has 0 aromatic carbocycles. The summed E-state index contributed by atoms with van der Waals surface area (Å²) >= 11 is 0. The van der Waals surface area contributed by atoms with Crippen molar-refractivity contribution in [1.29, 1.82) is 0 Å². The van der Waals surface area contributed by atoms with Crippen LogP contribution in [0.2, 0.25) is 0 Å². The number of hydrogen-bond acceptors (Lipinski definition) is 7. The van der Waals surface area contributed by atoms with Crippen LogP contribution >= 0.6 is 0 Å². The van der Waals surface area contributed by atoms with Crippen molar-refractivity contribution in [3.8, 4) is 0 Å². The van der Waals surface area contributed by atoms with Crippen molar-refractivity contribution in [2.24, 2.45) is 16.5 Å². The van der Waals surface area contributed by atoms with E-state index in [1.165, 1.54) is 0 Å². The molecule has 2 aliphatic rings. The van der Waals surface area contributed by atoms with E-state index in [9.17, 15) is 28.8 Å². The van der Waals surface area contributed by atoms with Crippen LogP contribution in [0.5, 0.6) is 0 Å². The minimum absolute atomic E-state index is 0.0904. The second-order valence-corrected chi connectivity index (χ2v) is 8.01. The molecule has 35 heavy (non-hydrogen) atoms. The lowest BCUT2D eigenvalue weighted by atomic mass is 10.0. The number of guanidine groups is 1. The van der Waals surface area contributed by atoms with Gasteiger partial charge in [0.25, 0.3) is 0 Å². The Morgan fingerprint density at radius 1 is 0.886 bits per heavy atom. The van der Waals surface area contributed by atoms with E-state index in [1.807, 2.05) is 0 Å². The number of hydrogen-bond donors (Lipinski definition) is 8. The maximum Gasteiger partial charge on any atom is 0.305 e. The Morgan fingerprint density at radius 2 is 1.49 bits per heavy atom. The third-order valence-electron chi connectivity index (χ3n) is 5.21. The largest absolute Gasteiger partial charge is 0.481 e. The summed E-state index contributed by atoms with van der Waals surface area (Å²) in [6, 6.07) is -4.71. The molecule has 2 aliphatic heterocycles. The lowest BCUT2D eigenvalue weighted by Gasteiger charge is -2.26. The summed E-state index contributed by atoms with van der Waals surface area (Å²) < 4.78 is 0. The molecule has 0 saturated carbocycles. The maximum atomic E-state index is 12.9. The fourth-order valence-corrected chi connectivity index (χ4v) is 3.44. The molecule has 0 aromatic rings. The van der Waals surface area contributed by atoms with Crippen molar-refractivity contribution in [1.82, 2.24) is 26.6 Å². The van der Waals surface area contributed by atoms with Crippen LogP contribution in [0.25, 0.3) is 0 Å². The van der Waals surface area contributed by atoms with E-state index in [1.54, 1.807) is 12.2 Å². The first kappa shape index (κ1) is 27.1.